The molecule has 0 saturated heterocycles. The van der Waals surface area contributed by atoms with Crippen LogP contribution in [-0.2, 0) is 26.2 Å². The van der Waals surface area contributed by atoms with Gasteiger partial charge in [-0.15, -0.1) is 0 Å². The van der Waals surface area contributed by atoms with Crippen molar-refractivity contribution in [3.8, 4) is 5.75 Å². The van der Waals surface area contributed by atoms with Crippen LogP contribution in [0.3, 0.4) is 0 Å². The zero-order valence-electron chi connectivity index (χ0n) is 13.7. The first kappa shape index (κ1) is 16.9. The molecule has 0 bridgehead atoms. The zero-order valence-corrected chi connectivity index (χ0v) is 13.7. The molecule has 0 saturated carbocycles. The lowest BCUT2D eigenvalue weighted by atomic mass is 10.1. The van der Waals surface area contributed by atoms with E-state index in [1.807, 2.05) is 30.3 Å². The van der Waals surface area contributed by atoms with Crippen molar-refractivity contribution in [2.24, 2.45) is 0 Å². The normalized spacial score (nSPS) is 10.6. The Labute approximate surface area is 145 Å². The number of aliphatic hydroxyl groups is 1. The Morgan fingerprint density at radius 1 is 1.08 bits per heavy atom. The molecule has 0 radical (unpaired) electrons. The van der Waals surface area contributed by atoms with Gasteiger partial charge in [0.15, 0.2) is 0 Å². The number of pyridine rings is 1. The Kier molecular flexibility index (Phi) is 5.53. The van der Waals surface area contributed by atoms with Gasteiger partial charge in [0.25, 0.3) is 5.56 Å². The average molecular weight is 337 g/mol. The molecule has 128 valence electrons. The van der Waals surface area contributed by atoms with E-state index in [1.165, 1.54) is 6.07 Å². The summed E-state index contributed by atoms with van der Waals surface area (Å²) in [6.45, 7) is 0.895. The minimum absolute atomic E-state index is 0.0375. The number of hydrogen-bond acceptors (Lipinski definition) is 5. The molecule has 0 atom stereocenters. The van der Waals surface area contributed by atoms with Gasteiger partial charge in [-0.25, -0.2) is 0 Å². The van der Waals surface area contributed by atoms with Gasteiger partial charge in [0, 0.05) is 25.0 Å². The van der Waals surface area contributed by atoms with Gasteiger partial charge in [-0.1, -0.05) is 24.3 Å². The smallest absolute Gasteiger partial charge is 0.254 e. The Morgan fingerprint density at radius 3 is 2.56 bits per heavy atom. The van der Waals surface area contributed by atoms with Gasteiger partial charge < -0.3 is 14.4 Å². The third-order valence-corrected chi connectivity index (χ3v) is 3.83. The van der Waals surface area contributed by atoms with Gasteiger partial charge in [0.2, 0.25) is 0 Å². The average Bonchev–Trinajstić information content (AvgIpc) is 2.67. The first-order valence-electron chi connectivity index (χ1n) is 8.03. The maximum Gasteiger partial charge on any atom is 0.254 e. The molecular weight excluding hydrogens is 318 g/mol. The van der Waals surface area contributed by atoms with Crippen LogP contribution in [-0.4, -0.2) is 19.9 Å². The van der Waals surface area contributed by atoms with Crippen molar-refractivity contribution in [1.29, 1.82) is 0 Å². The fourth-order valence-electron chi connectivity index (χ4n) is 2.39. The predicted octanol–water partition coefficient (Wildman–Crippen LogP) is 1.95. The fraction of sp³-hybridized carbons (Fsp3) is 0.211. The number of aromatic nitrogens is 3. The highest BCUT2D eigenvalue weighted by molar-refractivity contribution is 5.22. The minimum atomic E-state index is -0.108. The Bertz CT molecular complexity index is 861. The van der Waals surface area contributed by atoms with E-state index in [9.17, 15) is 4.79 Å². The number of nitrogens with zero attached hydrogens (tertiary/aromatic N) is 3. The van der Waals surface area contributed by atoms with Crippen LogP contribution in [0.4, 0.5) is 0 Å². The summed E-state index contributed by atoms with van der Waals surface area (Å²) in [4.78, 5) is 12.2. The van der Waals surface area contributed by atoms with Crippen molar-refractivity contribution in [3.05, 3.63) is 88.1 Å². The molecule has 1 aromatic carbocycles. The molecule has 2 aromatic heterocycles. The van der Waals surface area contributed by atoms with E-state index in [0.29, 0.717) is 18.0 Å². The molecule has 25 heavy (non-hydrogen) atoms. The van der Waals surface area contributed by atoms with Crippen LogP contribution < -0.4 is 10.3 Å². The van der Waals surface area contributed by atoms with Gasteiger partial charge in [-0.2, -0.15) is 10.2 Å². The van der Waals surface area contributed by atoms with Gasteiger partial charge in [0.05, 0.1) is 6.61 Å². The van der Waals surface area contributed by atoms with Gasteiger partial charge >= 0.3 is 0 Å². The molecule has 0 fully saturated rings. The predicted molar refractivity (Wildman–Crippen MR) is 93.1 cm³/mol. The van der Waals surface area contributed by atoms with E-state index in [2.05, 4.69) is 10.2 Å². The molecule has 0 aliphatic rings. The van der Waals surface area contributed by atoms with Gasteiger partial charge in [0.1, 0.15) is 18.1 Å². The molecule has 0 aliphatic heterocycles. The van der Waals surface area contributed by atoms with Crippen LogP contribution in [0, 0.1) is 0 Å². The molecule has 3 rings (SSSR count). The van der Waals surface area contributed by atoms with Crippen molar-refractivity contribution in [1.82, 2.24) is 14.8 Å². The van der Waals surface area contributed by atoms with Crippen molar-refractivity contribution < 1.29 is 9.84 Å². The standard InChI is InChI=1S/C19H19N3O3/c23-13-16-5-3-15(4-6-16)7-10-22-11-8-18(12-19(22)24)25-14-17-2-1-9-20-21-17/h1-6,8-9,11-12,23H,7,10,13-14H2. The summed E-state index contributed by atoms with van der Waals surface area (Å²) in [5.41, 5.74) is 2.60. The van der Waals surface area contributed by atoms with E-state index in [4.69, 9.17) is 9.84 Å². The third kappa shape index (κ3) is 4.74. The van der Waals surface area contributed by atoms with Gasteiger partial charge in [-0.3, -0.25) is 4.79 Å². The Morgan fingerprint density at radius 2 is 1.88 bits per heavy atom. The van der Waals surface area contributed by atoms with Crippen LogP contribution in [0.2, 0.25) is 0 Å². The first-order valence-corrected chi connectivity index (χ1v) is 8.03. The number of aliphatic hydroxyl groups excluding tert-OH is 1. The van der Waals surface area contributed by atoms with Crippen molar-refractivity contribution >= 4 is 0 Å². The molecule has 0 spiro atoms. The van der Waals surface area contributed by atoms with Crippen LogP contribution in [0.5, 0.6) is 5.75 Å². The molecule has 0 unspecified atom stereocenters. The highest BCUT2D eigenvalue weighted by atomic mass is 16.5. The number of benzene rings is 1. The summed E-state index contributed by atoms with van der Waals surface area (Å²) in [6, 6.07) is 14.6. The van der Waals surface area contributed by atoms with Crippen LogP contribution in [0.25, 0.3) is 0 Å². The summed E-state index contributed by atoms with van der Waals surface area (Å²) >= 11 is 0. The highest BCUT2D eigenvalue weighted by Crippen LogP contribution is 2.09. The monoisotopic (exact) mass is 337 g/mol. The van der Waals surface area contributed by atoms with Crippen LogP contribution in [0.15, 0.2) is 65.7 Å². The van der Waals surface area contributed by atoms with E-state index in [1.54, 1.807) is 29.1 Å². The number of ether oxygens (including phenoxy) is 1. The van der Waals surface area contributed by atoms with E-state index in [0.717, 1.165) is 17.5 Å². The number of rotatable bonds is 7. The second kappa shape index (κ2) is 8.21. The summed E-state index contributed by atoms with van der Waals surface area (Å²) < 4.78 is 7.22. The van der Waals surface area contributed by atoms with E-state index in [-0.39, 0.29) is 18.8 Å². The third-order valence-electron chi connectivity index (χ3n) is 3.83. The van der Waals surface area contributed by atoms with Crippen molar-refractivity contribution in [2.45, 2.75) is 26.2 Å². The van der Waals surface area contributed by atoms with E-state index >= 15 is 0 Å². The topological polar surface area (TPSA) is 77.2 Å². The lowest BCUT2D eigenvalue weighted by molar-refractivity contribution is 0.282. The minimum Gasteiger partial charge on any atom is -0.487 e. The quantitative estimate of drug-likeness (QED) is 0.713. The lowest BCUT2D eigenvalue weighted by Gasteiger charge is -2.09. The molecule has 3 aromatic rings. The number of hydrogen-bond donors (Lipinski definition) is 1. The van der Waals surface area contributed by atoms with Crippen LogP contribution in [0.1, 0.15) is 16.8 Å². The SMILES string of the molecule is O=c1cc(OCc2cccnn2)ccn1CCc1ccc(CO)cc1. The highest BCUT2D eigenvalue weighted by Gasteiger charge is 2.02. The summed E-state index contributed by atoms with van der Waals surface area (Å²) in [6.07, 6.45) is 4.07. The first-order chi connectivity index (χ1) is 12.2. The Hall–Kier alpha value is -2.99. The zero-order chi connectivity index (χ0) is 17.5. The molecule has 6 nitrogen and oxygen atoms in total. The van der Waals surface area contributed by atoms with Crippen molar-refractivity contribution in [3.63, 3.8) is 0 Å². The molecule has 1 N–H and O–H groups in total. The molecule has 2 heterocycles. The fourth-order valence-corrected chi connectivity index (χ4v) is 2.39. The molecule has 0 aliphatic carbocycles. The second-order valence-corrected chi connectivity index (χ2v) is 5.62. The summed E-state index contributed by atoms with van der Waals surface area (Å²) in [5.74, 6) is 0.513. The molecular formula is C19H19N3O3. The second-order valence-electron chi connectivity index (χ2n) is 5.62. The number of aryl methyl sites for hydroxylation is 2. The maximum absolute atomic E-state index is 12.2. The largest absolute Gasteiger partial charge is 0.487 e. The van der Waals surface area contributed by atoms with Gasteiger partial charge in [-0.05, 0) is 35.7 Å². The molecule has 6 heteroatoms. The van der Waals surface area contributed by atoms with Crippen molar-refractivity contribution in [2.75, 3.05) is 0 Å². The summed E-state index contributed by atoms with van der Waals surface area (Å²) in [5, 5.41) is 16.8. The summed E-state index contributed by atoms with van der Waals surface area (Å²) in [7, 11) is 0. The van der Waals surface area contributed by atoms with Crippen LogP contribution >= 0.6 is 0 Å². The lowest BCUT2D eigenvalue weighted by Crippen LogP contribution is -2.19. The van der Waals surface area contributed by atoms with E-state index < -0.39 is 0 Å². The Balaban J connectivity index is 1.58. The molecule has 0 amide bonds. The maximum atomic E-state index is 12.2.